The van der Waals surface area contributed by atoms with Gasteiger partial charge < -0.3 is 18.9 Å². The van der Waals surface area contributed by atoms with Gasteiger partial charge in [-0.25, -0.2) is 4.79 Å². The topological polar surface area (TPSA) is 84.0 Å². The lowest BCUT2D eigenvalue weighted by Gasteiger charge is -2.10. The van der Waals surface area contributed by atoms with Gasteiger partial charge in [-0.05, 0) is 37.1 Å². The van der Waals surface area contributed by atoms with Crippen molar-refractivity contribution in [2.75, 3.05) is 27.4 Å². The van der Waals surface area contributed by atoms with E-state index < -0.39 is 5.97 Å². The van der Waals surface area contributed by atoms with Crippen LogP contribution < -0.4 is 9.47 Å². The van der Waals surface area contributed by atoms with Crippen molar-refractivity contribution in [1.29, 1.82) is 0 Å². The van der Waals surface area contributed by atoms with Crippen molar-refractivity contribution in [3.05, 3.63) is 42.1 Å². The molecule has 1 aromatic heterocycles. The highest BCUT2D eigenvalue weighted by Crippen LogP contribution is 2.32. The third-order valence-corrected chi connectivity index (χ3v) is 3.76. The molecule has 0 saturated carbocycles. The van der Waals surface area contributed by atoms with Crippen LogP contribution in [-0.2, 0) is 14.3 Å². The van der Waals surface area contributed by atoms with Crippen molar-refractivity contribution in [3.8, 4) is 22.8 Å². The average Bonchev–Trinajstić information content (AvgIpc) is 2.69. The van der Waals surface area contributed by atoms with Gasteiger partial charge in [-0.2, -0.15) is 0 Å². The lowest BCUT2D eigenvalue weighted by molar-refractivity contribution is -0.141. The minimum Gasteiger partial charge on any atom is -0.497 e. The molecule has 0 fully saturated rings. The zero-order chi connectivity index (χ0) is 19.6. The minimum atomic E-state index is -0.441. The number of pyridine rings is 1. The summed E-state index contributed by atoms with van der Waals surface area (Å²) in [5, 5.41) is 0. The van der Waals surface area contributed by atoms with E-state index in [4.69, 9.17) is 18.9 Å². The van der Waals surface area contributed by atoms with Gasteiger partial charge in [-0.3, -0.25) is 9.78 Å². The molecule has 0 aliphatic carbocycles. The number of hydrogen-bond donors (Lipinski definition) is 0. The summed E-state index contributed by atoms with van der Waals surface area (Å²) >= 11 is 0. The van der Waals surface area contributed by atoms with E-state index in [1.807, 2.05) is 12.1 Å². The van der Waals surface area contributed by atoms with Crippen LogP contribution in [0.15, 0.2) is 36.5 Å². The normalized spacial score (nSPS) is 10.2. The molecule has 0 amide bonds. The van der Waals surface area contributed by atoms with Crippen molar-refractivity contribution in [3.63, 3.8) is 0 Å². The highest BCUT2D eigenvalue weighted by atomic mass is 16.5. The Morgan fingerprint density at radius 1 is 0.963 bits per heavy atom. The molecular weight excluding hydrogens is 350 g/mol. The highest BCUT2D eigenvalue weighted by Gasteiger charge is 2.12. The van der Waals surface area contributed by atoms with Crippen LogP contribution in [0, 0.1) is 0 Å². The van der Waals surface area contributed by atoms with Crippen LogP contribution in [0.4, 0.5) is 0 Å². The Morgan fingerprint density at radius 3 is 2.30 bits per heavy atom. The van der Waals surface area contributed by atoms with E-state index in [0.29, 0.717) is 42.2 Å². The summed E-state index contributed by atoms with van der Waals surface area (Å²) in [7, 11) is 3.16. The van der Waals surface area contributed by atoms with E-state index in [-0.39, 0.29) is 12.6 Å². The second-order valence-electron chi connectivity index (χ2n) is 5.68. The predicted octanol–water partition coefficient (Wildman–Crippen LogP) is 3.27. The van der Waals surface area contributed by atoms with E-state index in [1.165, 1.54) is 13.1 Å². The van der Waals surface area contributed by atoms with Gasteiger partial charge in [-0.1, -0.05) is 0 Å². The van der Waals surface area contributed by atoms with Crippen LogP contribution in [0.3, 0.4) is 0 Å². The number of rotatable bonds is 9. The molecule has 1 heterocycles. The van der Waals surface area contributed by atoms with Crippen LogP contribution in [-0.4, -0.2) is 44.4 Å². The standard InChI is InChI=1S/C20H23NO6/c1-14(22)26-10-4-5-11-27-20(23)15-6-9-18(21-13-15)17-8-7-16(24-2)12-19(17)25-3/h6-9,12-13H,4-5,10-11H2,1-3H3. The molecule has 0 aliphatic heterocycles. The molecular formula is C20H23NO6. The predicted molar refractivity (Wildman–Crippen MR) is 98.9 cm³/mol. The second-order valence-corrected chi connectivity index (χ2v) is 5.68. The number of carbonyl (C=O) groups is 2. The Kier molecular flexibility index (Phi) is 7.61. The number of nitrogens with zero attached hydrogens (tertiary/aromatic N) is 1. The number of esters is 2. The fourth-order valence-corrected chi connectivity index (χ4v) is 2.35. The van der Waals surface area contributed by atoms with Gasteiger partial charge in [-0.15, -0.1) is 0 Å². The van der Waals surface area contributed by atoms with E-state index in [1.54, 1.807) is 32.4 Å². The zero-order valence-electron chi connectivity index (χ0n) is 15.7. The Labute approximate surface area is 158 Å². The third-order valence-electron chi connectivity index (χ3n) is 3.76. The van der Waals surface area contributed by atoms with Crippen LogP contribution in [0.25, 0.3) is 11.3 Å². The number of aromatic nitrogens is 1. The number of hydrogen-bond acceptors (Lipinski definition) is 7. The maximum Gasteiger partial charge on any atom is 0.339 e. The van der Waals surface area contributed by atoms with Gasteiger partial charge in [0.1, 0.15) is 11.5 Å². The zero-order valence-corrected chi connectivity index (χ0v) is 15.7. The van der Waals surface area contributed by atoms with Crippen molar-refractivity contribution in [1.82, 2.24) is 4.98 Å². The maximum atomic E-state index is 12.1. The molecule has 2 aromatic rings. The molecule has 0 aliphatic rings. The minimum absolute atomic E-state index is 0.258. The molecule has 7 nitrogen and oxygen atoms in total. The lowest BCUT2D eigenvalue weighted by Crippen LogP contribution is -2.08. The number of unbranched alkanes of at least 4 members (excludes halogenated alkanes) is 1. The molecule has 0 unspecified atom stereocenters. The number of methoxy groups -OCH3 is 2. The van der Waals surface area contributed by atoms with Crippen LogP contribution in [0.2, 0.25) is 0 Å². The van der Waals surface area contributed by atoms with Crippen LogP contribution in [0.1, 0.15) is 30.1 Å². The molecule has 27 heavy (non-hydrogen) atoms. The van der Waals surface area contributed by atoms with Crippen LogP contribution in [0.5, 0.6) is 11.5 Å². The summed E-state index contributed by atoms with van der Waals surface area (Å²) in [5.41, 5.74) is 1.84. The van der Waals surface area contributed by atoms with Gasteiger partial charge in [0, 0.05) is 24.8 Å². The molecule has 2 rings (SSSR count). The van der Waals surface area contributed by atoms with E-state index in [0.717, 1.165) is 5.56 Å². The SMILES string of the molecule is COc1ccc(-c2ccc(C(=O)OCCCCOC(C)=O)cn2)c(OC)c1. The van der Waals surface area contributed by atoms with Crippen molar-refractivity contribution >= 4 is 11.9 Å². The summed E-state index contributed by atoms with van der Waals surface area (Å²) in [4.78, 5) is 27.0. The molecule has 0 spiro atoms. The quantitative estimate of drug-likeness (QED) is 0.493. The molecule has 1 aromatic carbocycles. The fourth-order valence-electron chi connectivity index (χ4n) is 2.35. The first kappa shape index (κ1) is 20.2. The van der Waals surface area contributed by atoms with E-state index >= 15 is 0 Å². The number of carbonyl (C=O) groups excluding carboxylic acids is 2. The van der Waals surface area contributed by atoms with Gasteiger partial charge in [0.25, 0.3) is 0 Å². The smallest absolute Gasteiger partial charge is 0.339 e. The summed E-state index contributed by atoms with van der Waals surface area (Å²) in [6.45, 7) is 1.94. The number of ether oxygens (including phenoxy) is 4. The monoisotopic (exact) mass is 373 g/mol. The Hall–Kier alpha value is -3.09. The summed E-state index contributed by atoms with van der Waals surface area (Å²) in [6.07, 6.45) is 2.73. The first-order valence-corrected chi connectivity index (χ1v) is 8.54. The summed E-state index contributed by atoms with van der Waals surface area (Å²) in [5.74, 6) is 0.560. The van der Waals surface area contributed by atoms with Gasteiger partial charge in [0.15, 0.2) is 0 Å². The fraction of sp³-hybridized carbons (Fsp3) is 0.350. The Balaban J connectivity index is 1.93. The van der Waals surface area contributed by atoms with Crippen molar-refractivity contribution in [2.24, 2.45) is 0 Å². The summed E-state index contributed by atoms with van der Waals surface area (Å²) in [6, 6.07) is 8.84. The van der Waals surface area contributed by atoms with Crippen LogP contribution >= 0.6 is 0 Å². The van der Waals surface area contributed by atoms with E-state index in [9.17, 15) is 9.59 Å². The molecule has 0 radical (unpaired) electrons. The summed E-state index contributed by atoms with van der Waals surface area (Å²) < 4.78 is 20.6. The Bertz CT molecular complexity index is 773. The third kappa shape index (κ3) is 5.99. The van der Waals surface area contributed by atoms with Crippen molar-refractivity contribution in [2.45, 2.75) is 19.8 Å². The largest absolute Gasteiger partial charge is 0.497 e. The molecule has 0 atom stereocenters. The lowest BCUT2D eigenvalue weighted by atomic mass is 10.1. The first-order valence-electron chi connectivity index (χ1n) is 8.54. The average molecular weight is 373 g/mol. The van der Waals surface area contributed by atoms with Crippen molar-refractivity contribution < 1.29 is 28.5 Å². The maximum absolute atomic E-state index is 12.1. The molecule has 7 heteroatoms. The van der Waals surface area contributed by atoms with Gasteiger partial charge in [0.2, 0.25) is 0 Å². The molecule has 144 valence electrons. The second kappa shape index (κ2) is 10.2. The first-order chi connectivity index (χ1) is 13.0. The number of benzene rings is 1. The molecule has 0 saturated heterocycles. The Morgan fingerprint density at radius 2 is 1.70 bits per heavy atom. The molecule has 0 N–H and O–H groups in total. The van der Waals surface area contributed by atoms with E-state index in [2.05, 4.69) is 4.98 Å². The molecule has 0 bridgehead atoms. The van der Waals surface area contributed by atoms with Gasteiger partial charge in [0.05, 0.1) is 38.7 Å². The highest BCUT2D eigenvalue weighted by molar-refractivity contribution is 5.89. The van der Waals surface area contributed by atoms with Gasteiger partial charge >= 0.3 is 11.9 Å².